The molecule has 3 nitrogen and oxygen atoms in total. The number of aromatic amines is 1. The molecule has 3 rings (SSSR count). The highest BCUT2D eigenvalue weighted by Gasteiger charge is 2.05. The third kappa shape index (κ3) is 2.37. The van der Waals surface area contributed by atoms with Crippen LogP contribution in [0.25, 0.3) is 22.4 Å². The zero-order valence-electron chi connectivity index (χ0n) is 10.9. The van der Waals surface area contributed by atoms with Gasteiger partial charge in [0.1, 0.15) is 5.82 Å². The molecule has 0 atom stereocenters. The first-order valence-electron chi connectivity index (χ1n) is 6.43. The van der Waals surface area contributed by atoms with Gasteiger partial charge in [-0.2, -0.15) is 0 Å². The van der Waals surface area contributed by atoms with Crippen LogP contribution in [0, 0.1) is 6.92 Å². The summed E-state index contributed by atoms with van der Waals surface area (Å²) in [6.45, 7) is 2.24. The molecule has 0 spiro atoms. The van der Waals surface area contributed by atoms with Crippen molar-refractivity contribution in [3.05, 3.63) is 53.6 Å². The number of imidazole rings is 1. The minimum atomic E-state index is 0.171. The van der Waals surface area contributed by atoms with E-state index in [1.165, 1.54) is 5.56 Å². The summed E-state index contributed by atoms with van der Waals surface area (Å²) in [5, 5.41) is 8.98. The second-order valence-electron chi connectivity index (χ2n) is 4.78. The minimum absolute atomic E-state index is 0.171. The second kappa shape index (κ2) is 4.86. The number of aliphatic hydroxyl groups excluding tert-OH is 1. The maximum absolute atomic E-state index is 8.98. The highest BCUT2D eigenvalue weighted by atomic mass is 16.2. The average molecular weight is 252 g/mol. The van der Waals surface area contributed by atoms with Gasteiger partial charge in [-0.05, 0) is 31.0 Å². The van der Waals surface area contributed by atoms with Crippen LogP contribution in [0.3, 0.4) is 0 Å². The molecule has 0 unspecified atom stereocenters. The number of nitrogens with one attached hydrogen (secondary N) is 1. The van der Waals surface area contributed by atoms with Gasteiger partial charge in [0, 0.05) is 12.2 Å². The molecule has 3 aromatic rings. The first kappa shape index (κ1) is 11.9. The van der Waals surface area contributed by atoms with E-state index in [-0.39, 0.29) is 6.61 Å². The van der Waals surface area contributed by atoms with E-state index in [0.717, 1.165) is 28.0 Å². The van der Waals surface area contributed by atoms with E-state index in [0.29, 0.717) is 6.42 Å². The fraction of sp³-hybridized carbons (Fsp3) is 0.188. The van der Waals surface area contributed by atoms with Crippen LogP contribution in [-0.4, -0.2) is 21.7 Å². The number of benzene rings is 2. The lowest BCUT2D eigenvalue weighted by Crippen LogP contribution is -1.89. The van der Waals surface area contributed by atoms with Gasteiger partial charge in [0.25, 0.3) is 0 Å². The summed E-state index contributed by atoms with van der Waals surface area (Å²) in [5.74, 6) is 0.885. The van der Waals surface area contributed by atoms with E-state index in [9.17, 15) is 0 Å². The Bertz CT molecular complexity index is 698. The molecule has 0 aliphatic rings. The molecule has 19 heavy (non-hydrogen) atoms. The Morgan fingerprint density at radius 1 is 1.11 bits per heavy atom. The summed E-state index contributed by atoms with van der Waals surface area (Å²) < 4.78 is 0. The standard InChI is InChI=1S/C16H16N2O/c1-11-2-5-13(6-3-11)16-17-14-7-4-12(8-9-19)10-15(14)18-16/h2-7,10,19H,8-9H2,1H3,(H,17,18). The number of hydrogen-bond acceptors (Lipinski definition) is 2. The molecule has 0 saturated heterocycles. The molecule has 2 N–H and O–H groups in total. The lowest BCUT2D eigenvalue weighted by molar-refractivity contribution is 0.299. The Kier molecular flexibility index (Phi) is 3.05. The number of aromatic nitrogens is 2. The van der Waals surface area contributed by atoms with Crippen molar-refractivity contribution < 1.29 is 5.11 Å². The van der Waals surface area contributed by atoms with E-state index >= 15 is 0 Å². The van der Waals surface area contributed by atoms with Crippen molar-refractivity contribution in [1.29, 1.82) is 0 Å². The number of nitrogens with zero attached hydrogens (tertiary/aromatic N) is 1. The van der Waals surface area contributed by atoms with Gasteiger partial charge >= 0.3 is 0 Å². The van der Waals surface area contributed by atoms with Crippen LogP contribution < -0.4 is 0 Å². The molecule has 0 amide bonds. The van der Waals surface area contributed by atoms with Crippen LogP contribution in [0.1, 0.15) is 11.1 Å². The van der Waals surface area contributed by atoms with Crippen molar-refractivity contribution in [1.82, 2.24) is 9.97 Å². The van der Waals surface area contributed by atoms with Gasteiger partial charge in [0.05, 0.1) is 11.0 Å². The van der Waals surface area contributed by atoms with Crippen LogP contribution >= 0.6 is 0 Å². The molecule has 96 valence electrons. The summed E-state index contributed by atoms with van der Waals surface area (Å²) in [5.41, 5.74) is 5.42. The van der Waals surface area contributed by atoms with Gasteiger partial charge in [0.15, 0.2) is 0 Å². The topological polar surface area (TPSA) is 48.9 Å². The molecule has 0 radical (unpaired) electrons. The Balaban J connectivity index is 2.03. The SMILES string of the molecule is Cc1ccc(-c2nc3ccc(CCO)cc3[nH]2)cc1. The second-order valence-corrected chi connectivity index (χ2v) is 4.78. The summed E-state index contributed by atoms with van der Waals surface area (Å²) in [7, 11) is 0. The molecular weight excluding hydrogens is 236 g/mol. The predicted octanol–water partition coefficient (Wildman–Crippen LogP) is 3.07. The lowest BCUT2D eigenvalue weighted by Gasteiger charge is -1.97. The van der Waals surface area contributed by atoms with Crippen LogP contribution in [0.5, 0.6) is 0 Å². The monoisotopic (exact) mass is 252 g/mol. The fourth-order valence-corrected chi connectivity index (χ4v) is 2.19. The molecule has 0 aliphatic carbocycles. The molecule has 2 aromatic carbocycles. The number of rotatable bonds is 3. The third-order valence-electron chi connectivity index (χ3n) is 3.27. The van der Waals surface area contributed by atoms with Crippen molar-refractivity contribution in [2.24, 2.45) is 0 Å². The first-order valence-corrected chi connectivity index (χ1v) is 6.43. The molecular formula is C16H16N2O. The van der Waals surface area contributed by atoms with E-state index in [4.69, 9.17) is 5.11 Å². The van der Waals surface area contributed by atoms with Crippen molar-refractivity contribution in [3.63, 3.8) is 0 Å². The zero-order valence-corrected chi connectivity index (χ0v) is 10.9. The number of fused-ring (bicyclic) bond motifs is 1. The van der Waals surface area contributed by atoms with Crippen LogP contribution in [0.4, 0.5) is 0 Å². The summed E-state index contributed by atoms with van der Waals surface area (Å²) in [6.07, 6.45) is 0.675. The van der Waals surface area contributed by atoms with Gasteiger partial charge < -0.3 is 10.1 Å². The van der Waals surface area contributed by atoms with Gasteiger partial charge in [-0.25, -0.2) is 4.98 Å². The Morgan fingerprint density at radius 3 is 2.63 bits per heavy atom. The molecule has 0 fully saturated rings. The Labute approximate surface area is 111 Å². The maximum Gasteiger partial charge on any atom is 0.138 e. The normalized spacial score (nSPS) is 11.1. The van der Waals surface area contributed by atoms with Gasteiger partial charge in [-0.3, -0.25) is 0 Å². The van der Waals surface area contributed by atoms with Crippen molar-refractivity contribution in [3.8, 4) is 11.4 Å². The van der Waals surface area contributed by atoms with Gasteiger partial charge in [-0.15, -0.1) is 0 Å². The maximum atomic E-state index is 8.98. The Hall–Kier alpha value is -2.13. The largest absolute Gasteiger partial charge is 0.396 e. The smallest absolute Gasteiger partial charge is 0.138 e. The van der Waals surface area contributed by atoms with E-state index in [2.05, 4.69) is 47.2 Å². The fourth-order valence-electron chi connectivity index (χ4n) is 2.19. The first-order chi connectivity index (χ1) is 9.26. The quantitative estimate of drug-likeness (QED) is 0.752. The predicted molar refractivity (Wildman–Crippen MR) is 77.1 cm³/mol. The molecule has 1 heterocycles. The highest BCUT2D eigenvalue weighted by Crippen LogP contribution is 2.21. The third-order valence-corrected chi connectivity index (χ3v) is 3.27. The molecule has 0 bridgehead atoms. The summed E-state index contributed by atoms with van der Waals surface area (Å²) in [4.78, 5) is 7.93. The van der Waals surface area contributed by atoms with Crippen LogP contribution in [-0.2, 0) is 6.42 Å². The highest BCUT2D eigenvalue weighted by molar-refractivity contribution is 5.80. The Morgan fingerprint density at radius 2 is 1.89 bits per heavy atom. The average Bonchev–Trinajstić information content (AvgIpc) is 2.83. The number of aliphatic hydroxyl groups is 1. The summed E-state index contributed by atoms with van der Waals surface area (Å²) >= 11 is 0. The van der Waals surface area contributed by atoms with E-state index in [1.807, 2.05) is 12.1 Å². The van der Waals surface area contributed by atoms with Crippen LogP contribution in [0.2, 0.25) is 0 Å². The number of hydrogen-bond donors (Lipinski definition) is 2. The van der Waals surface area contributed by atoms with Crippen molar-refractivity contribution in [2.45, 2.75) is 13.3 Å². The van der Waals surface area contributed by atoms with E-state index in [1.54, 1.807) is 0 Å². The summed E-state index contributed by atoms with van der Waals surface area (Å²) in [6, 6.07) is 14.4. The van der Waals surface area contributed by atoms with E-state index < -0.39 is 0 Å². The molecule has 1 aromatic heterocycles. The number of aryl methyl sites for hydroxylation is 1. The molecule has 0 aliphatic heterocycles. The van der Waals surface area contributed by atoms with Gasteiger partial charge in [-0.1, -0.05) is 35.9 Å². The van der Waals surface area contributed by atoms with Crippen molar-refractivity contribution in [2.75, 3.05) is 6.61 Å². The minimum Gasteiger partial charge on any atom is -0.396 e. The van der Waals surface area contributed by atoms with Crippen molar-refractivity contribution >= 4 is 11.0 Å². The van der Waals surface area contributed by atoms with Gasteiger partial charge in [0.2, 0.25) is 0 Å². The molecule has 3 heteroatoms. The molecule has 0 saturated carbocycles. The van der Waals surface area contributed by atoms with Crippen LogP contribution in [0.15, 0.2) is 42.5 Å². The lowest BCUT2D eigenvalue weighted by atomic mass is 10.1. The number of H-pyrrole nitrogens is 1. The zero-order chi connectivity index (χ0) is 13.2.